The van der Waals surface area contributed by atoms with Crippen LogP contribution >= 0.6 is 0 Å². The Bertz CT molecular complexity index is 719. The highest BCUT2D eigenvalue weighted by Crippen LogP contribution is 2.36. The summed E-state index contributed by atoms with van der Waals surface area (Å²) in [5.41, 5.74) is 0.549. The lowest BCUT2D eigenvalue weighted by molar-refractivity contribution is 0.0697. The normalized spacial score (nSPS) is 12.4. The SMILES string of the molecule is O=C(O)c1cc(=O)[nH]cc1-c1ccc2c(c1)OCO2. The number of H-pyrrole nitrogens is 1. The molecule has 0 unspecified atom stereocenters. The largest absolute Gasteiger partial charge is 0.478 e. The van der Waals surface area contributed by atoms with Crippen LogP contribution < -0.4 is 15.0 Å². The minimum absolute atomic E-state index is 0.0531. The predicted molar refractivity (Wildman–Crippen MR) is 65.6 cm³/mol. The van der Waals surface area contributed by atoms with E-state index in [9.17, 15) is 9.59 Å². The van der Waals surface area contributed by atoms with Crippen LogP contribution in [0.4, 0.5) is 0 Å². The standard InChI is InChI=1S/C13H9NO5/c15-12-4-8(13(16)17)9(5-14-12)7-1-2-10-11(3-7)19-6-18-10/h1-5H,6H2,(H,14,15)(H,16,17). The lowest BCUT2D eigenvalue weighted by Gasteiger charge is -2.06. The minimum Gasteiger partial charge on any atom is -0.478 e. The number of hydrogen-bond acceptors (Lipinski definition) is 4. The molecule has 19 heavy (non-hydrogen) atoms. The zero-order valence-corrected chi connectivity index (χ0v) is 9.67. The Balaban J connectivity index is 2.17. The lowest BCUT2D eigenvalue weighted by atomic mass is 10.0. The molecule has 1 aromatic heterocycles. The van der Waals surface area contributed by atoms with Crippen LogP contribution in [0.2, 0.25) is 0 Å². The van der Waals surface area contributed by atoms with Gasteiger partial charge in [-0.3, -0.25) is 4.79 Å². The second-order valence-corrected chi connectivity index (χ2v) is 4.00. The number of hydrogen-bond donors (Lipinski definition) is 2. The van der Waals surface area contributed by atoms with Crippen molar-refractivity contribution in [2.75, 3.05) is 6.79 Å². The van der Waals surface area contributed by atoms with Crippen molar-refractivity contribution in [1.29, 1.82) is 0 Å². The third-order valence-electron chi connectivity index (χ3n) is 2.84. The maximum atomic E-state index is 11.2. The van der Waals surface area contributed by atoms with E-state index in [2.05, 4.69) is 4.98 Å². The van der Waals surface area contributed by atoms with Crippen LogP contribution in [0.5, 0.6) is 11.5 Å². The van der Waals surface area contributed by atoms with Crippen molar-refractivity contribution in [2.24, 2.45) is 0 Å². The van der Waals surface area contributed by atoms with E-state index in [1.165, 1.54) is 6.20 Å². The third-order valence-corrected chi connectivity index (χ3v) is 2.84. The Kier molecular flexibility index (Phi) is 2.49. The summed E-state index contributed by atoms with van der Waals surface area (Å²) in [4.78, 5) is 24.8. The number of fused-ring (bicyclic) bond motifs is 1. The van der Waals surface area contributed by atoms with Crippen molar-refractivity contribution in [3.63, 3.8) is 0 Å². The van der Waals surface area contributed by atoms with Gasteiger partial charge >= 0.3 is 5.97 Å². The van der Waals surface area contributed by atoms with Gasteiger partial charge in [-0.1, -0.05) is 6.07 Å². The molecule has 0 bridgehead atoms. The van der Waals surface area contributed by atoms with Gasteiger partial charge in [-0.2, -0.15) is 0 Å². The molecule has 3 rings (SSSR count). The Labute approximate surface area is 107 Å². The summed E-state index contributed by atoms with van der Waals surface area (Å²) in [5, 5.41) is 9.14. The van der Waals surface area contributed by atoms with Gasteiger partial charge in [-0.25, -0.2) is 4.79 Å². The molecule has 0 atom stereocenters. The Morgan fingerprint density at radius 3 is 2.79 bits per heavy atom. The van der Waals surface area contributed by atoms with Gasteiger partial charge in [0, 0.05) is 17.8 Å². The van der Waals surface area contributed by atoms with Crippen molar-refractivity contribution in [2.45, 2.75) is 0 Å². The molecular formula is C13H9NO5. The molecule has 0 saturated heterocycles. The van der Waals surface area contributed by atoms with Crippen LogP contribution in [0.1, 0.15) is 10.4 Å². The number of carboxylic acid groups (broad SMARTS) is 1. The topological polar surface area (TPSA) is 88.6 Å². The molecule has 0 aliphatic carbocycles. The summed E-state index contributed by atoms with van der Waals surface area (Å²) < 4.78 is 10.4. The van der Waals surface area contributed by atoms with Crippen LogP contribution in [0.15, 0.2) is 35.3 Å². The van der Waals surface area contributed by atoms with Gasteiger partial charge < -0.3 is 19.6 Å². The van der Waals surface area contributed by atoms with Crippen LogP contribution in [-0.2, 0) is 0 Å². The molecule has 0 spiro atoms. The average Bonchev–Trinajstić information content (AvgIpc) is 2.85. The molecule has 0 fully saturated rings. The highest BCUT2D eigenvalue weighted by molar-refractivity contribution is 5.95. The Morgan fingerprint density at radius 2 is 2.00 bits per heavy atom. The molecule has 1 aliphatic rings. The summed E-state index contributed by atoms with van der Waals surface area (Å²) in [6.45, 7) is 0.149. The van der Waals surface area contributed by atoms with E-state index < -0.39 is 11.5 Å². The Hall–Kier alpha value is -2.76. The summed E-state index contributed by atoms with van der Waals surface area (Å²) in [6.07, 6.45) is 1.38. The van der Waals surface area contributed by atoms with Crippen molar-refractivity contribution in [3.05, 3.63) is 46.4 Å². The lowest BCUT2D eigenvalue weighted by Crippen LogP contribution is -2.10. The molecule has 6 nitrogen and oxygen atoms in total. The zero-order chi connectivity index (χ0) is 13.4. The first-order valence-electron chi connectivity index (χ1n) is 5.51. The first-order chi connectivity index (χ1) is 9.15. The molecule has 0 radical (unpaired) electrons. The van der Waals surface area contributed by atoms with Crippen LogP contribution in [0.3, 0.4) is 0 Å². The van der Waals surface area contributed by atoms with E-state index in [-0.39, 0.29) is 12.4 Å². The Morgan fingerprint density at radius 1 is 1.21 bits per heavy atom. The molecule has 96 valence electrons. The number of aromatic carboxylic acids is 1. The minimum atomic E-state index is -1.15. The van der Waals surface area contributed by atoms with Gasteiger partial charge in [-0.05, 0) is 17.7 Å². The third kappa shape index (κ3) is 1.93. The number of aromatic amines is 1. The number of carboxylic acids is 1. The quantitative estimate of drug-likeness (QED) is 0.852. The predicted octanol–water partition coefficient (Wildman–Crippen LogP) is 1.47. The maximum Gasteiger partial charge on any atom is 0.336 e. The van der Waals surface area contributed by atoms with Crippen LogP contribution in [-0.4, -0.2) is 22.9 Å². The van der Waals surface area contributed by atoms with E-state index in [1.54, 1.807) is 18.2 Å². The molecule has 1 aliphatic heterocycles. The van der Waals surface area contributed by atoms with Crippen molar-refractivity contribution < 1.29 is 19.4 Å². The van der Waals surface area contributed by atoms with E-state index in [0.717, 1.165) is 6.07 Å². The monoisotopic (exact) mass is 259 g/mol. The van der Waals surface area contributed by atoms with Gasteiger partial charge in [0.2, 0.25) is 12.4 Å². The van der Waals surface area contributed by atoms with Crippen LogP contribution in [0, 0.1) is 0 Å². The molecule has 2 heterocycles. The molecule has 2 N–H and O–H groups in total. The number of nitrogens with one attached hydrogen (secondary N) is 1. The number of aromatic nitrogens is 1. The smallest absolute Gasteiger partial charge is 0.336 e. The number of benzene rings is 1. The van der Waals surface area contributed by atoms with Gasteiger partial charge in [0.05, 0.1) is 5.56 Å². The maximum absolute atomic E-state index is 11.2. The molecule has 2 aromatic rings. The number of ether oxygens (including phenoxy) is 2. The molecule has 6 heteroatoms. The van der Waals surface area contributed by atoms with E-state index in [4.69, 9.17) is 14.6 Å². The number of pyridine rings is 1. The highest BCUT2D eigenvalue weighted by atomic mass is 16.7. The van der Waals surface area contributed by atoms with Crippen molar-refractivity contribution in [3.8, 4) is 22.6 Å². The van der Waals surface area contributed by atoms with Crippen LogP contribution in [0.25, 0.3) is 11.1 Å². The molecular weight excluding hydrogens is 250 g/mol. The van der Waals surface area contributed by atoms with Crippen molar-refractivity contribution in [1.82, 2.24) is 4.98 Å². The summed E-state index contributed by atoms with van der Waals surface area (Å²) in [7, 11) is 0. The van der Waals surface area contributed by atoms with Gasteiger partial charge in [0.15, 0.2) is 11.5 Å². The molecule has 1 aromatic carbocycles. The van der Waals surface area contributed by atoms with Gasteiger partial charge in [0.25, 0.3) is 0 Å². The van der Waals surface area contributed by atoms with E-state index >= 15 is 0 Å². The summed E-state index contributed by atoms with van der Waals surface area (Å²) >= 11 is 0. The van der Waals surface area contributed by atoms with Gasteiger partial charge in [0.1, 0.15) is 0 Å². The van der Waals surface area contributed by atoms with E-state index in [1.807, 2.05) is 0 Å². The second kappa shape index (κ2) is 4.16. The molecule has 0 amide bonds. The summed E-state index contributed by atoms with van der Waals surface area (Å²) in [5.74, 6) is 0.0175. The first-order valence-corrected chi connectivity index (χ1v) is 5.51. The number of carbonyl (C=O) groups is 1. The number of rotatable bonds is 2. The summed E-state index contributed by atoms with van der Waals surface area (Å²) in [6, 6.07) is 6.16. The molecule has 0 saturated carbocycles. The fourth-order valence-corrected chi connectivity index (χ4v) is 1.95. The fraction of sp³-hybridized carbons (Fsp3) is 0.0769. The second-order valence-electron chi connectivity index (χ2n) is 4.00. The average molecular weight is 259 g/mol. The highest BCUT2D eigenvalue weighted by Gasteiger charge is 2.17. The fourth-order valence-electron chi connectivity index (χ4n) is 1.95. The zero-order valence-electron chi connectivity index (χ0n) is 9.67. The first kappa shape index (κ1) is 11.3. The van der Waals surface area contributed by atoms with Gasteiger partial charge in [-0.15, -0.1) is 0 Å². The van der Waals surface area contributed by atoms with E-state index in [0.29, 0.717) is 22.6 Å². The van der Waals surface area contributed by atoms with Crippen molar-refractivity contribution >= 4 is 5.97 Å².